The lowest BCUT2D eigenvalue weighted by atomic mass is 9.89. The summed E-state index contributed by atoms with van der Waals surface area (Å²) in [5, 5.41) is 18.8. The largest absolute Gasteiger partial charge is 0.479 e. The van der Waals surface area contributed by atoms with Gasteiger partial charge < -0.3 is 14.4 Å². The van der Waals surface area contributed by atoms with Crippen molar-refractivity contribution in [1.82, 2.24) is 14.8 Å². The second-order valence-electron chi connectivity index (χ2n) is 9.16. The number of methoxy groups -OCH3 is 1. The molecular formula is C25H25F2N3O3. The van der Waals surface area contributed by atoms with Gasteiger partial charge in [0.2, 0.25) is 0 Å². The first-order valence-electron chi connectivity index (χ1n) is 11.0. The van der Waals surface area contributed by atoms with Gasteiger partial charge >= 0.3 is 5.97 Å². The Labute approximate surface area is 189 Å². The summed E-state index contributed by atoms with van der Waals surface area (Å²) in [4.78, 5) is 12.0. The van der Waals surface area contributed by atoms with Crippen LogP contribution in [0.25, 0.3) is 27.5 Å². The van der Waals surface area contributed by atoms with Crippen LogP contribution >= 0.6 is 0 Å². The number of carbonyl (C=O) groups is 1. The Bertz CT molecular complexity index is 1390. The zero-order valence-corrected chi connectivity index (χ0v) is 18.7. The first-order valence-corrected chi connectivity index (χ1v) is 11.0. The van der Waals surface area contributed by atoms with Crippen LogP contribution in [0.2, 0.25) is 0 Å². The van der Waals surface area contributed by atoms with Gasteiger partial charge in [0, 0.05) is 35.3 Å². The van der Waals surface area contributed by atoms with Crippen LogP contribution in [0, 0.1) is 11.6 Å². The number of H-pyrrole nitrogens is 1. The highest BCUT2D eigenvalue weighted by atomic mass is 19.2. The molecule has 0 aliphatic heterocycles. The van der Waals surface area contributed by atoms with Gasteiger partial charge in [-0.05, 0) is 60.9 Å². The number of nitrogens with zero attached hydrogens (tertiary/aromatic N) is 2. The second-order valence-corrected chi connectivity index (χ2v) is 9.16. The Morgan fingerprint density at radius 2 is 2.06 bits per heavy atom. The van der Waals surface area contributed by atoms with Crippen LogP contribution in [0.15, 0.2) is 36.5 Å². The summed E-state index contributed by atoms with van der Waals surface area (Å²) in [5.74, 6) is -2.80. The summed E-state index contributed by atoms with van der Waals surface area (Å²) in [6.45, 7) is 4.11. The zero-order valence-electron chi connectivity index (χ0n) is 18.7. The molecule has 6 nitrogen and oxygen atoms in total. The molecule has 0 unspecified atom stereocenters. The average molecular weight is 453 g/mol. The van der Waals surface area contributed by atoms with Crippen LogP contribution < -0.4 is 0 Å². The number of hydrogen-bond acceptors (Lipinski definition) is 3. The fourth-order valence-corrected chi connectivity index (χ4v) is 5.39. The summed E-state index contributed by atoms with van der Waals surface area (Å²) >= 11 is 0. The zero-order chi connectivity index (χ0) is 23.5. The number of rotatable bonds is 5. The van der Waals surface area contributed by atoms with Crippen LogP contribution in [-0.2, 0) is 9.53 Å². The van der Waals surface area contributed by atoms with Crippen molar-refractivity contribution in [3.63, 3.8) is 0 Å². The quantitative estimate of drug-likeness (QED) is 0.410. The molecule has 0 amide bonds. The van der Waals surface area contributed by atoms with E-state index in [-0.39, 0.29) is 11.8 Å². The predicted molar refractivity (Wildman–Crippen MR) is 121 cm³/mol. The highest BCUT2D eigenvalue weighted by Gasteiger charge is 2.47. The van der Waals surface area contributed by atoms with E-state index in [0.29, 0.717) is 24.9 Å². The van der Waals surface area contributed by atoms with E-state index in [0.717, 1.165) is 39.1 Å². The van der Waals surface area contributed by atoms with E-state index in [1.807, 2.05) is 16.7 Å². The highest BCUT2D eigenvalue weighted by molar-refractivity contribution is 5.99. The lowest BCUT2D eigenvalue weighted by Crippen LogP contribution is -2.37. The first kappa shape index (κ1) is 21.6. The summed E-state index contributed by atoms with van der Waals surface area (Å²) < 4.78 is 35.5. The Balaban J connectivity index is 1.82. The number of hydrogen-bond donors (Lipinski definition) is 2. The molecule has 0 radical (unpaired) electrons. The van der Waals surface area contributed by atoms with Crippen molar-refractivity contribution < 1.29 is 23.4 Å². The van der Waals surface area contributed by atoms with E-state index in [1.54, 1.807) is 12.3 Å². The van der Waals surface area contributed by atoms with Crippen molar-refractivity contribution in [1.29, 1.82) is 0 Å². The number of ether oxygens (including phenoxy) is 1. The molecule has 0 spiro atoms. The van der Waals surface area contributed by atoms with Crippen LogP contribution in [0.5, 0.6) is 0 Å². The number of aromatic nitrogens is 3. The third-order valence-electron chi connectivity index (χ3n) is 6.97. The van der Waals surface area contributed by atoms with Gasteiger partial charge in [0.1, 0.15) is 0 Å². The van der Waals surface area contributed by atoms with Crippen molar-refractivity contribution in [2.24, 2.45) is 0 Å². The Hall–Kier alpha value is -3.26. The Kier molecular flexibility index (Phi) is 5.01. The molecule has 8 heteroatoms. The third-order valence-corrected chi connectivity index (χ3v) is 6.97. The van der Waals surface area contributed by atoms with Crippen LogP contribution in [-0.4, -0.2) is 38.6 Å². The smallest absolute Gasteiger partial charge is 0.335 e. The van der Waals surface area contributed by atoms with Crippen molar-refractivity contribution in [3.05, 3.63) is 59.4 Å². The minimum Gasteiger partial charge on any atom is -0.479 e. The van der Waals surface area contributed by atoms with E-state index in [2.05, 4.69) is 24.0 Å². The predicted octanol–water partition coefficient (Wildman–Crippen LogP) is 5.65. The van der Waals surface area contributed by atoms with Gasteiger partial charge in [-0.1, -0.05) is 13.8 Å². The van der Waals surface area contributed by atoms with Crippen molar-refractivity contribution in [2.45, 2.75) is 50.5 Å². The minimum absolute atomic E-state index is 0.0411. The summed E-state index contributed by atoms with van der Waals surface area (Å²) in [6.07, 6.45) is 3.13. The fraction of sp³-hybridized carbons (Fsp3) is 0.360. The van der Waals surface area contributed by atoms with Gasteiger partial charge in [-0.25, -0.2) is 13.6 Å². The number of carboxylic acid groups (broad SMARTS) is 1. The van der Waals surface area contributed by atoms with E-state index in [9.17, 15) is 18.7 Å². The summed E-state index contributed by atoms with van der Waals surface area (Å²) in [5.41, 5.74) is 2.98. The topological polar surface area (TPSA) is 80.1 Å². The van der Waals surface area contributed by atoms with Crippen molar-refractivity contribution in [3.8, 4) is 5.69 Å². The number of benzene rings is 2. The minimum atomic E-state index is -1.23. The fourth-order valence-electron chi connectivity index (χ4n) is 5.39. The molecule has 5 rings (SSSR count). The standard InChI is InChI=1S/C25H25F2N3O3/c1-13(2)23-22(14-6-7-25(11-14,33-3)24(31)32)17-10-20-15(12-28-29-20)8-21(17)30(23)16-4-5-18(26)19(27)9-16/h4-5,8-10,12-14H,6-7,11H2,1-3H3,(H,28,29)(H,31,32)/t14-,25+/m1/s1. The number of fused-ring (bicyclic) bond motifs is 2. The third kappa shape index (κ3) is 3.23. The van der Waals surface area contributed by atoms with Crippen LogP contribution in [0.3, 0.4) is 0 Å². The molecule has 33 heavy (non-hydrogen) atoms. The molecule has 0 saturated heterocycles. The monoisotopic (exact) mass is 453 g/mol. The number of carboxylic acids is 1. The van der Waals surface area contributed by atoms with Gasteiger partial charge in [-0.15, -0.1) is 0 Å². The maximum Gasteiger partial charge on any atom is 0.335 e. The summed E-state index contributed by atoms with van der Waals surface area (Å²) in [6, 6.07) is 7.91. The number of nitrogens with one attached hydrogen (secondary N) is 1. The molecule has 2 aromatic heterocycles. The van der Waals surface area contributed by atoms with Gasteiger partial charge in [-0.3, -0.25) is 5.10 Å². The van der Waals surface area contributed by atoms with Gasteiger partial charge in [0.25, 0.3) is 0 Å². The lowest BCUT2D eigenvalue weighted by Gasteiger charge is -2.23. The SMILES string of the molecule is CO[C@@]1(C(=O)O)CC[C@@H](c2c(C(C)C)n(-c3ccc(F)c(F)c3)c3cc4cn[nH]c4cc23)C1. The molecule has 2 aromatic carbocycles. The molecule has 2 N–H and O–H groups in total. The first-order chi connectivity index (χ1) is 15.8. The van der Waals surface area contributed by atoms with Gasteiger partial charge in [0.15, 0.2) is 17.2 Å². The molecule has 1 saturated carbocycles. The lowest BCUT2D eigenvalue weighted by molar-refractivity contribution is -0.161. The second kappa shape index (κ2) is 7.66. The van der Waals surface area contributed by atoms with E-state index >= 15 is 0 Å². The molecule has 172 valence electrons. The molecule has 1 aliphatic rings. The number of aliphatic carboxylic acids is 1. The maximum absolute atomic E-state index is 14.3. The van der Waals surface area contributed by atoms with Crippen LogP contribution in [0.1, 0.15) is 56.2 Å². The molecule has 4 aromatic rings. The molecule has 1 fully saturated rings. The van der Waals surface area contributed by atoms with E-state index in [1.165, 1.54) is 13.2 Å². The molecular weight excluding hydrogens is 428 g/mol. The number of halogens is 2. The van der Waals surface area contributed by atoms with Gasteiger partial charge in [0.05, 0.1) is 17.2 Å². The Morgan fingerprint density at radius 1 is 1.27 bits per heavy atom. The van der Waals surface area contributed by atoms with Crippen molar-refractivity contribution >= 4 is 27.8 Å². The van der Waals surface area contributed by atoms with E-state index < -0.39 is 23.2 Å². The normalized spacial score (nSPS) is 21.0. The molecule has 2 atom stereocenters. The van der Waals surface area contributed by atoms with Crippen LogP contribution in [0.4, 0.5) is 8.78 Å². The van der Waals surface area contributed by atoms with Crippen molar-refractivity contribution in [2.75, 3.05) is 7.11 Å². The maximum atomic E-state index is 14.3. The average Bonchev–Trinajstić information content (AvgIpc) is 3.49. The highest BCUT2D eigenvalue weighted by Crippen LogP contribution is 2.49. The number of aromatic amines is 1. The molecule has 0 bridgehead atoms. The Morgan fingerprint density at radius 3 is 2.70 bits per heavy atom. The van der Waals surface area contributed by atoms with Gasteiger partial charge in [-0.2, -0.15) is 5.10 Å². The molecule has 1 aliphatic carbocycles. The molecule has 2 heterocycles. The summed E-state index contributed by atoms with van der Waals surface area (Å²) in [7, 11) is 1.44. The van der Waals surface area contributed by atoms with E-state index in [4.69, 9.17) is 4.74 Å².